The fourth-order valence-electron chi connectivity index (χ4n) is 3.79. The molecule has 0 radical (unpaired) electrons. The molecular formula is C22H20F2N2O2. The molecule has 2 heterocycles. The van der Waals surface area contributed by atoms with Crippen LogP contribution in [0.5, 0.6) is 0 Å². The lowest BCUT2D eigenvalue weighted by Gasteiger charge is -2.30. The lowest BCUT2D eigenvalue weighted by atomic mass is 10.0. The third-order valence-electron chi connectivity index (χ3n) is 5.18. The van der Waals surface area contributed by atoms with Crippen molar-refractivity contribution in [2.45, 2.75) is 19.9 Å². The first-order chi connectivity index (χ1) is 13.5. The van der Waals surface area contributed by atoms with Gasteiger partial charge in [-0.3, -0.25) is 0 Å². The van der Waals surface area contributed by atoms with Crippen molar-refractivity contribution in [3.05, 3.63) is 76.5 Å². The monoisotopic (exact) mass is 382 g/mol. The Balaban J connectivity index is 1.63. The first-order valence-electron chi connectivity index (χ1n) is 9.07. The number of hydrogen-bond donors (Lipinski definition) is 1. The zero-order valence-electron chi connectivity index (χ0n) is 15.7. The number of fused-ring (bicyclic) bond motifs is 1. The molecule has 0 aliphatic carbocycles. The summed E-state index contributed by atoms with van der Waals surface area (Å²) in [5.74, 6) is -1.52. The summed E-state index contributed by atoms with van der Waals surface area (Å²) in [5.41, 5.74) is 4.96. The molecular weight excluding hydrogens is 362 g/mol. The molecule has 1 aliphatic rings. The summed E-state index contributed by atoms with van der Waals surface area (Å²) in [7, 11) is 1.36. The van der Waals surface area contributed by atoms with Crippen molar-refractivity contribution < 1.29 is 18.3 Å². The van der Waals surface area contributed by atoms with E-state index in [4.69, 9.17) is 4.74 Å². The number of esters is 1. The summed E-state index contributed by atoms with van der Waals surface area (Å²) in [4.78, 5) is 17.1. The van der Waals surface area contributed by atoms with Crippen LogP contribution >= 0.6 is 0 Å². The van der Waals surface area contributed by atoms with E-state index in [0.717, 1.165) is 35.5 Å². The molecule has 6 heteroatoms. The first-order valence-corrected chi connectivity index (χ1v) is 9.07. The Kier molecular flexibility index (Phi) is 4.63. The molecule has 2 aromatic carbocycles. The minimum Gasteiger partial charge on any atom is -0.465 e. The molecule has 28 heavy (non-hydrogen) atoms. The molecule has 0 atom stereocenters. The molecule has 3 aromatic rings. The van der Waals surface area contributed by atoms with Gasteiger partial charge in [0.1, 0.15) is 11.6 Å². The van der Waals surface area contributed by atoms with Crippen LogP contribution in [0.25, 0.3) is 11.3 Å². The van der Waals surface area contributed by atoms with Crippen molar-refractivity contribution in [3.8, 4) is 11.3 Å². The van der Waals surface area contributed by atoms with Crippen LogP contribution < -0.4 is 4.90 Å². The van der Waals surface area contributed by atoms with E-state index in [1.807, 2.05) is 25.1 Å². The number of carbonyl (C=O) groups excluding carboxylic acids is 1. The highest BCUT2D eigenvalue weighted by Gasteiger charge is 2.23. The second kappa shape index (κ2) is 7.11. The van der Waals surface area contributed by atoms with Crippen molar-refractivity contribution in [1.29, 1.82) is 0 Å². The number of carbonyl (C=O) groups is 1. The predicted molar refractivity (Wildman–Crippen MR) is 103 cm³/mol. The number of aromatic amines is 1. The number of nitrogens with zero attached hydrogens (tertiary/aromatic N) is 1. The quantitative estimate of drug-likeness (QED) is 0.673. The number of nitrogens with one attached hydrogen (secondary N) is 1. The Bertz CT molecular complexity index is 1040. The number of aromatic nitrogens is 1. The van der Waals surface area contributed by atoms with E-state index in [0.29, 0.717) is 17.8 Å². The van der Waals surface area contributed by atoms with Gasteiger partial charge in [-0.15, -0.1) is 0 Å². The average molecular weight is 382 g/mol. The maximum Gasteiger partial charge on any atom is 0.337 e. The van der Waals surface area contributed by atoms with E-state index in [1.54, 1.807) is 6.07 Å². The van der Waals surface area contributed by atoms with E-state index in [-0.39, 0.29) is 11.5 Å². The molecule has 1 aliphatic heterocycles. The van der Waals surface area contributed by atoms with Gasteiger partial charge in [-0.1, -0.05) is 6.07 Å². The molecule has 4 rings (SSSR count). The molecule has 4 nitrogen and oxygen atoms in total. The van der Waals surface area contributed by atoms with E-state index in [9.17, 15) is 13.6 Å². The largest absolute Gasteiger partial charge is 0.465 e. The third kappa shape index (κ3) is 3.15. The molecule has 1 N–H and O–H groups in total. The van der Waals surface area contributed by atoms with Crippen LogP contribution in [0, 0.1) is 18.6 Å². The highest BCUT2D eigenvalue weighted by atomic mass is 19.1. The fourth-order valence-corrected chi connectivity index (χ4v) is 3.79. The molecule has 0 spiro atoms. The number of hydrogen-bond acceptors (Lipinski definition) is 3. The van der Waals surface area contributed by atoms with E-state index in [1.165, 1.54) is 25.3 Å². The van der Waals surface area contributed by atoms with Crippen molar-refractivity contribution in [2.24, 2.45) is 0 Å². The highest BCUT2D eigenvalue weighted by Crippen LogP contribution is 2.32. The van der Waals surface area contributed by atoms with Gasteiger partial charge in [0.05, 0.1) is 23.9 Å². The lowest BCUT2D eigenvalue weighted by Crippen LogP contribution is -2.30. The average Bonchev–Trinajstić information content (AvgIpc) is 3.09. The summed E-state index contributed by atoms with van der Waals surface area (Å²) in [6.07, 6.45) is 0.740. The van der Waals surface area contributed by atoms with Crippen LogP contribution in [0.1, 0.15) is 27.2 Å². The van der Waals surface area contributed by atoms with Crippen LogP contribution in [0.3, 0.4) is 0 Å². The molecule has 0 saturated heterocycles. The van der Waals surface area contributed by atoms with Gasteiger partial charge in [0, 0.05) is 30.9 Å². The standard InChI is InChI=1S/C22H20F2N2O2/c1-13-10-14(22(27)28-2)6-7-20(13)26-9-8-18-15(12-26)11-19(25-18)21-16(23)4-3-5-17(21)24/h3-7,10-11,25H,8-9,12H2,1-2H3. The van der Waals surface area contributed by atoms with Crippen molar-refractivity contribution in [3.63, 3.8) is 0 Å². The van der Waals surface area contributed by atoms with Gasteiger partial charge in [-0.25, -0.2) is 13.6 Å². The van der Waals surface area contributed by atoms with E-state index in [2.05, 4.69) is 9.88 Å². The molecule has 0 fully saturated rings. The van der Waals surface area contributed by atoms with E-state index < -0.39 is 11.6 Å². The van der Waals surface area contributed by atoms with Crippen molar-refractivity contribution in [1.82, 2.24) is 4.98 Å². The first kappa shape index (κ1) is 18.2. The number of aryl methyl sites for hydroxylation is 1. The summed E-state index contributed by atoms with van der Waals surface area (Å²) in [6, 6.07) is 11.2. The predicted octanol–water partition coefficient (Wildman–Crippen LogP) is 4.62. The molecule has 1 aromatic heterocycles. The van der Waals surface area contributed by atoms with Gasteiger partial charge >= 0.3 is 5.97 Å². The van der Waals surface area contributed by atoms with Crippen molar-refractivity contribution in [2.75, 3.05) is 18.6 Å². The summed E-state index contributed by atoms with van der Waals surface area (Å²) < 4.78 is 33.0. The van der Waals surface area contributed by atoms with Crippen LogP contribution in [0.4, 0.5) is 14.5 Å². The Hall–Kier alpha value is -3.15. The van der Waals surface area contributed by atoms with Gasteiger partial charge < -0.3 is 14.6 Å². The molecule has 0 amide bonds. The van der Waals surface area contributed by atoms with Crippen LogP contribution in [-0.4, -0.2) is 24.6 Å². The van der Waals surface area contributed by atoms with Gasteiger partial charge in [-0.05, 0) is 54.4 Å². The smallest absolute Gasteiger partial charge is 0.337 e. The minimum atomic E-state index is -0.579. The van der Waals surface area contributed by atoms with Crippen LogP contribution in [-0.2, 0) is 17.7 Å². The molecule has 0 bridgehead atoms. The summed E-state index contributed by atoms with van der Waals surface area (Å²) in [5, 5.41) is 0. The Labute approximate surface area is 161 Å². The summed E-state index contributed by atoms with van der Waals surface area (Å²) in [6.45, 7) is 3.35. The minimum absolute atomic E-state index is 0.0259. The Morgan fingerprint density at radius 3 is 2.57 bits per heavy atom. The topological polar surface area (TPSA) is 45.3 Å². The number of rotatable bonds is 3. The second-order valence-corrected chi connectivity index (χ2v) is 6.95. The van der Waals surface area contributed by atoms with Gasteiger partial charge in [0.25, 0.3) is 0 Å². The molecule has 144 valence electrons. The third-order valence-corrected chi connectivity index (χ3v) is 5.18. The van der Waals surface area contributed by atoms with Crippen LogP contribution in [0.2, 0.25) is 0 Å². The SMILES string of the molecule is COC(=O)c1ccc(N2CCc3[nH]c(-c4c(F)cccc4F)cc3C2)c(C)c1. The Morgan fingerprint density at radius 1 is 1.14 bits per heavy atom. The zero-order valence-corrected chi connectivity index (χ0v) is 15.7. The second-order valence-electron chi connectivity index (χ2n) is 6.95. The maximum atomic E-state index is 14.1. The summed E-state index contributed by atoms with van der Waals surface area (Å²) >= 11 is 0. The number of H-pyrrole nitrogens is 1. The number of methoxy groups -OCH3 is 1. The number of halogens is 2. The van der Waals surface area contributed by atoms with Gasteiger partial charge in [-0.2, -0.15) is 0 Å². The number of anilines is 1. The Morgan fingerprint density at radius 2 is 1.89 bits per heavy atom. The number of ether oxygens (including phenoxy) is 1. The van der Waals surface area contributed by atoms with Crippen molar-refractivity contribution >= 4 is 11.7 Å². The lowest BCUT2D eigenvalue weighted by molar-refractivity contribution is 0.0600. The maximum absolute atomic E-state index is 14.1. The highest BCUT2D eigenvalue weighted by molar-refractivity contribution is 5.90. The van der Waals surface area contributed by atoms with Crippen LogP contribution in [0.15, 0.2) is 42.5 Å². The normalized spacial score (nSPS) is 13.4. The zero-order chi connectivity index (χ0) is 19.8. The fraction of sp³-hybridized carbons (Fsp3) is 0.227. The van der Waals surface area contributed by atoms with E-state index >= 15 is 0 Å². The number of benzene rings is 2. The van der Waals surface area contributed by atoms with Gasteiger partial charge in [0.15, 0.2) is 0 Å². The molecule has 0 unspecified atom stereocenters. The van der Waals surface area contributed by atoms with Gasteiger partial charge in [0.2, 0.25) is 0 Å². The molecule has 0 saturated carbocycles.